The number of thiazole rings is 1. The van der Waals surface area contributed by atoms with Gasteiger partial charge in [-0.25, -0.2) is 9.78 Å². The summed E-state index contributed by atoms with van der Waals surface area (Å²) in [6.45, 7) is 1.87. The van der Waals surface area contributed by atoms with E-state index < -0.39 is 23.8 Å². The summed E-state index contributed by atoms with van der Waals surface area (Å²) in [5.74, 6) is 0. The van der Waals surface area contributed by atoms with Crippen LogP contribution in [0.2, 0.25) is 0 Å². The Balaban J connectivity index is 1.55. The maximum Gasteiger partial charge on any atom is 0.416 e. The maximum atomic E-state index is 12.8. The van der Waals surface area contributed by atoms with Gasteiger partial charge in [0.05, 0.1) is 23.8 Å². The van der Waals surface area contributed by atoms with Crippen molar-refractivity contribution < 1.29 is 18.0 Å². The second kappa shape index (κ2) is 8.43. The summed E-state index contributed by atoms with van der Waals surface area (Å²) in [6, 6.07) is 13.6. The molecule has 2 aromatic carbocycles. The van der Waals surface area contributed by atoms with Crippen LogP contribution >= 0.6 is 11.3 Å². The molecular weight excluding hydrogens is 387 g/mol. The molecule has 0 saturated heterocycles. The van der Waals surface area contributed by atoms with Gasteiger partial charge in [0.15, 0.2) is 0 Å². The lowest BCUT2D eigenvalue weighted by Crippen LogP contribution is -2.36. The van der Waals surface area contributed by atoms with Gasteiger partial charge < -0.3 is 10.6 Å². The first-order valence-corrected chi connectivity index (χ1v) is 9.42. The zero-order valence-electron chi connectivity index (χ0n) is 15.0. The van der Waals surface area contributed by atoms with Crippen LogP contribution in [0.15, 0.2) is 60.0 Å². The Bertz CT molecular complexity index is 941. The van der Waals surface area contributed by atoms with Crippen LogP contribution in [0.25, 0.3) is 11.3 Å². The van der Waals surface area contributed by atoms with Crippen LogP contribution in [0.5, 0.6) is 0 Å². The Morgan fingerprint density at radius 3 is 2.61 bits per heavy atom. The molecule has 28 heavy (non-hydrogen) atoms. The number of rotatable bonds is 5. The molecule has 3 rings (SSSR count). The predicted molar refractivity (Wildman–Crippen MR) is 103 cm³/mol. The highest BCUT2D eigenvalue weighted by Crippen LogP contribution is 2.30. The number of benzene rings is 2. The normalized spacial score (nSPS) is 12.4. The fourth-order valence-corrected chi connectivity index (χ4v) is 3.35. The van der Waals surface area contributed by atoms with Crippen LogP contribution in [0, 0.1) is 0 Å². The highest BCUT2D eigenvalue weighted by Gasteiger charge is 2.30. The number of alkyl halides is 3. The maximum absolute atomic E-state index is 12.8. The van der Waals surface area contributed by atoms with Crippen LogP contribution in [-0.2, 0) is 12.7 Å². The summed E-state index contributed by atoms with van der Waals surface area (Å²) in [4.78, 5) is 16.6. The van der Waals surface area contributed by atoms with Crippen molar-refractivity contribution in [2.24, 2.45) is 0 Å². The molecule has 8 heteroatoms. The highest BCUT2D eigenvalue weighted by atomic mass is 32.1. The molecular formula is C20H18F3N3OS. The number of urea groups is 1. The second-order valence-corrected chi connectivity index (χ2v) is 7.11. The molecule has 0 radical (unpaired) electrons. The summed E-state index contributed by atoms with van der Waals surface area (Å²) in [7, 11) is 0. The van der Waals surface area contributed by atoms with E-state index in [4.69, 9.17) is 0 Å². The number of nitrogens with one attached hydrogen (secondary N) is 2. The molecule has 4 nitrogen and oxygen atoms in total. The average Bonchev–Trinajstić information content (AvgIpc) is 3.15. The molecule has 0 spiro atoms. The standard InChI is InChI=1S/C20H18F3N3OS/c1-13(15-8-5-9-16(10-15)20(21,22)23)25-19(27)24-11-18-26-17(12-28-18)14-6-3-2-4-7-14/h2-10,12-13H,11H2,1H3,(H2,24,25,27). The highest BCUT2D eigenvalue weighted by molar-refractivity contribution is 7.09. The van der Waals surface area contributed by atoms with Crippen molar-refractivity contribution in [2.75, 3.05) is 0 Å². The number of carbonyl (C=O) groups excluding carboxylic acids is 1. The summed E-state index contributed by atoms with van der Waals surface area (Å²) in [5.41, 5.74) is 1.47. The Labute approximate surface area is 164 Å². The van der Waals surface area contributed by atoms with Gasteiger partial charge in [-0.3, -0.25) is 0 Å². The molecule has 0 aliphatic carbocycles. The Morgan fingerprint density at radius 2 is 1.89 bits per heavy atom. The van der Waals surface area contributed by atoms with Gasteiger partial charge >= 0.3 is 12.2 Å². The van der Waals surface area contributed by atoms with Gasteiger partial charge in [-0.2, -0.15) is 13.2 Å². The molecule has 1 aromatic heterocycles. The molecule has 1 heterocycles. The molecule has 2 amide bonds. The van der Waals surface area contributed by atoms with E-state index in [1.165, 1.54) is 17.4 Å². The minimum absolute atomic E-state index is 0.235. The Hall–Kier alpha value is -2.87. The van der Waals surface area contributed by atoms with E-state index in [9.17, 15) is 18.0 Å². The summed E-state index contributed by atoms with van der Waals surface area (Å²) < 4.78 is 38.5. The molecule has 1 atom stereocenters. The quantitative estimate of drug-likeness (QED) is 0.598. The van der Waals surface area contributed by atoms with E-state index in [0.717, 1.165) is 28.4 Å². The average molecular weight is 405 g/mol. The third-order valence-electron chi connectivity index (χ3n) is 4.08. The van der Waals surface area contributed by atoms with Crippen molar-refractivity contribution in [3.63, 3.8) is 0 Å². The number of nitrogens with zero attached hydrogens (tertiary/aromatic N) is 1. The van der Waals surface area contributed by atoms with E-state index >= 15 is 0 Å². The molecule has 2 N–H and O–H groups in total. The van der Waals surface area contributed by atoms with Gasteiger partial charge in [0.25, 0.3) is 0 Å². The fraction of sp³-hybridized carbons (Fsp3) is 0.200. The summed E-state index contributed by atoms with van der Waals surface area (Å²) in [6.07, 6.45) is -4.42. The summed E-state index contributed by atoms with van der Waals surface area (Å²) >= 11 is 1.43. The van der Waals surface area contributed by atoms with Gasteiger partial charge in [-0.05, 0) is 24.6 Å². The molecule has 3 aromatic rings. The number of amides is 2. The van der Waals surface area contributed by atoms with Crippen LogP contribution in [0.3, 0.4) is 0 Å². The lowest BCUT2D eigenvalue weighted by atomic mass is 10.1. The molecule has 0 fully saturated rings. The second-order valence-electron chi connectivity index (χ2n) is 6.16. The third kappa shape index (κ3) is 5.10. The van der Waals surface area contributed by atoms with E-state index in [-0.39, 0.29) is 6.54 Å². The minimum Gasteiger partial charge on any atom is -0.332 e. The largest absolute Gasteiger partial charge is 0.416 e. The van der Waals surface area contributed by atoms with Crippen molar-refractivity contribution in [2.45, 2.75) is 25.7 Å². The van der Waals surface area contributed by atoms with Crippen LogP contribution in [0.1, 0.15) is 29.1 Å². The SMILES string of the molecule is CC(NC(=O)NCc1nc(-c2ccccc2)cs1)c1cccc(C(F)(F)F)c1. The molecule has 0 saturated carbocycles. The van der Waals surface area contributed by atoms with E-state index in [2.05, 4.69) is 15.6 Å². The number of aromatic nitrogens is 1. The third-order valence-corrected chi connectivity index (χ3v) is 4.93. The van der Waals surface area contributed by atoms with Gasteiger partial charge in [0.2, 0.25) is 0 Å². The lowest BCUT2D eigenvalue weighted by Gasteiger charge is -2.16. The number of hydrogen-bond acceptors (Lipinski definition) is 3. The van der Waals surface area contributed by atoms with Crippen LogP contribution in [-0.4, -0.2) is 11.0 Å². The monoisotopic (exact) mass is 405 g/mol. The molecule has 0 bridgehead atoms. The van der Waals surface area contributed by atoms with Crippen LogP contribution in [0.4, 0.5) is 18.0 Å². The first kappa shape index (κ1) is 19.9. The zero-order valence-corrected chi connectivity index (χ0v) is 15.8. The van der Waals surface area contributed by atoms with Crippen molar-refractivity contribution in [1.82, 2.24) is 15.6 Å². The Kier molecular flexibility index (Phi) is 5.99. The van der Waals surface area contributed by atoms with Crippen molar-refractivity contribution in [3.8, 4) is 11.3 Å². The van der Waals surface area contributed by atoms with Gasteiger partial charge in [0.1, 0.15) is 5.01 Å². The molecule has 146 valence electrons. The minimum atomic E-state index is -4.42. The first-order chi connectivity index (χ1) is 13.3. The number of halogens is 3. The zero-order chi connectivity index (χ0) is 20.1. The van der Waals surface area contributed by atoms with Crippen molar-refractivity contribution in [1.29, 1.82) is 0 Å². The Morgan fingerprint density at radius 1 is 1.14 bits per heavy atom. The summed E-state index contributed by atoms with van der Waals surface area (Å²) in [5, 5.41) is 7.98. The fourth-order valence-electron chi connectivity index (χ4n) is 2.60. The van der Waals surface area contributed by atoms with E-state index in [1.807, 2.05) is 35.7 Å². The van der Waals surface area contributed by atoms with E-state index in [0.29, 0.717) is 5.56 Å². The number of hydrogen-bond donors (Lipinski definition) is 2. The molecule has 0 aliphatic heterocycles. The van der Waals surface area contributed by atoms with Gasteiger partial charge in [0, 0.05) is 10.9 Å². The van der Waals surface area contributed by atoms with Crippen LogP contribution < -0.4 is 10.6 Å². The first-order valence-electron chi connectivity index (χ1n) is 8.54. The van der Waals surface area contributed by atoms with E-state index in [1.54, 1.807) is 13.0 Å². The topological polar surface area (TPSA) is 54.0 Å². The lowest BCUT2D eigenvalue weighted by molar-refractivity contribution is -0.137. The predicted octanol–water partition coefficient (Wildman–Crippen LogP) is 5.39. The van der Waals surface area contributed by atoms with Crippen molar-refractivity contribution in [3.05, 3.63) is 76.1 Å². The van der Waals surface area contributed by atoms with Gasteiger partial charge in [-0.15, -0.1) is 11.3 Å². The number of carbonyl (C=O) groups is 1. The smallest absolute Gasteiger partial charge is 0.332 e. The van der Waals surface area contributed by atoms with Crippen molar-refractivity contribution >= 4 is 17.4 Å². The van der Waals surface area contributed by atoms with Gasteiger partial charge in [-0.1, -0.05) is 42.5 Å². The molecule has 1 unspecified atom stereocenters. The molecule has 0 aliphatic rings.